The van der Waals surface area contributed by atoms with Gasteiger partial charge >= 0.3 is 0 Å². The van der Waals surface area contributed by atoms with Crippen molar-refractivity contribution in [2.24, 2.45) is 0 Å². The maximum atomic E-state index is 12.7. The van der Waals surface area contributed by atoms with E-state index in [-0.39, 0.29) is 18.4 Å². The number of hydrogen-bond acceptors (Lipinski definition) is 4. The van der Waals surface area contributed by atoms with Crippen LogP contribution in [-0.4, -0.2) is 34.8 Å². The van der Waals surface area contributed by atoms with Crippen LogP contribution in [-0.2, 0) is 4.79 Å². The van der Waals surface area contributed by atoms with Crippen molar-refractivity contribution in [2.75, 3.05) is 18.4 Å². The van der Waals surface area contributed by atoms with Crippen LogP contribution in [0.1, 0.15) is 36.5 Å². The van der Waals surface area contributed by atoms with Crippen molar-refractivity contribution in [3.05, 3.63) is 45.9 Å². The van der Waals surface area contributed by atoms with Gasteiger partial charge in [0.25, 0.3) is 5.91 Å². The maximum absolute atomic E-state index is 12.7. The van der Waals surface area contributed by atoms with Gasteiger partial charge in [-0.25, -0.2) is 4.98 Å². The molecule has 0 aliphatic heterocycles. The minimum absolute atomic E-state index is 0.0225. The standard InChI is InChI=1S/C17H20BrN3O2S/c1-2-3-4-9-21(12-15(22)20-17-19-8-10-24-17)16(23)13-6-5-7-14(18)11-13/h5-8,10-11H,2-4,9,12H2,1H3,(H,19,20,22). The number of benzene rings is 1. The van der Waals surface area contributed by atoms with Crippen molar-refractivity contribution >= 4 is 44.2 Å². The number of thiazole rings is 1. The Morgan fingerprint density at radius 1 is 1.33 bits per heavy atom. The Morgan fingerprint density at radius 2 is 2.17 bits per heavy atom. The van der Waals surface area contributed by atoms with Crippen LogP contribution < -0.4 is 5.32 Å². The van der Waals surface area contributed by atoms with Gasteiger partial charge in [0.05, 0.1) is 0 Å². The normalized spacial score (nSPS) is 10.4. The van der Waals surface area contributed by atoms with E-state index >= 15 is 0 Å². The number of aromatic nitrogens is 1. The quantitative estimate of drug-likeness (QED) is 0.665. The average molecular weight is 410 g/mol. The number of nitrogens with one attached hydrogen (secondary N) is 1. The molecule has 0 saturated heterocycles. The predicted octanol–water partition coefficient (Wildman–Crippen LogP) is 4.18. The van der Waals surface area contributed by atoms with Crippen LogP contribution in [0.15, 0.2) is 40.3 Å². The van der Waals surface area contributed by atoms with Gasteiger partial charge in [0, 0.05) is 28.2 Å². The molecule has 1 aromatic heterocycles. The molecule has 2 aromatic rings. The number of amides is 2. The highest BCUT2D eigenvalue weighted by Gasteiger charge is 2.19. The summed E-state index contributed by atoms with van der Waals surface area (Å²) < 4.78 is 0.842. The summed E-state index contributed by atoms with van der Waals surface area (Å²) in [5, 5.41) is 5.06. The fourth-order valence-electron chi connectivity index (χ4n) is 2.23. The Morgan fingerprint density at radius 3 is 2.83 bits per heavy atom. The molecule has 0 atom stereocenters. The molecule has 1 aromatic carbocycles. The Labute approximate surface area is 154 Å². The summed E-state index contributed by atoms with van der Waals surface area (Å²) in [6.07, 6.45) is 4.59. The van der Waals surface area contributed by atoms with Crippen LogP contribution >= 0.6 is 27.3 Å². The molecule has 7 heteroatoms. The first-order chi connectivity index (χ1) is 11.6. The molecule has 5 nitrogen and oxygen atoms in total. The van der Waals surface area contributed by atoms with Crippen LogP contribution in [0.4, 0.5) is 5.13 Å². The lowest BCUT2D eigenvalue weighted by atomic mass is 10.1. The zero-order valence-corrected chi connectivity index (χ0v) is 15.9. The fraction of sp³-hybridized carbons (Fsp3) is 0.353. The second-order valence-corrected chi connectivity index (χ2v) is 7.14. The van der Waals surface area contributed by atoms with Crippen LogP contribution in [0.3, 0.4) is 0 Å². The summed E-state index contributed by atoms with van der Waals surface area (Å²) in [7, 11) is 0. The van der Waals surface area contributed by atoms with Gasteiger partial charge in [-0.2, -0.15) is 0 Å². The van der Waals surface area contributed by atoms with Gasteiger partial charge in [0.15, 0.2) is 5.13 Å². The number of rotatable bonds is 8. The molecule has 0 radical (unpaired) electrons. The second-order valence-electron chi connectivity index (χ2n) is 5.33. The van der Waals surface area contributed by atoms with Gasteiger partial charge in [-0.1, -0.05) is 41.8 Å². The number of carbonyl (C=O) groups excluding carboxylic acids is 2. The average Bonchev–Trinajstić information content (AvgIpc) is 3.06. The van der Waals surface area contributed by atoms with E-state index < -0.39 is 0 Å². The van der Waals surface area contributed by atoms with E-state index in [4.69, 9.17) is 0 Å². The summed E-state index contributed by atoms with van der Waals surface area (Å²) >= 11 is 4.73. The fourth-order valence-corrected chi connectivity index (χ4v) is 3.17. The van der Waals surface area contributed by atoms with Crippen molar-refractivity contribution in [3.8, 4) is 0 Å². The van der Waals surface area contributed by atoms with Gasteiger partial charge < -0.3 is 10.2 Å². The maximum Gasteiger partial charge on any atom is 0.254 e. The molecule has 0 unspecified atom stereocenters. The lowest BCUT2D eigenvalue weighted by Crippen LogP contribution is -2.38. The molecule has 24 heavy (non-hydrogen) atoms. The first-order valence-corrected chi connectivity index (χ1v) is 9.51. The van der Waals surface area contributed by atoms with Gasteiger partial charge in [-0.3, -0.25) is 9.59 Å². The van der Waals surface area contributed by atoms with Gasteiger partial charge in [-0.05, 0) is 24.6 Å². The molecule has 0 bridgehead atoms. The first kappa shape index (κ1) is 18.6. The van der Waals surface area contributed by atoms with E-state index in [2.05, 4.69) is 33.2 Å². The molecule has 1 heterocycles. The smallest absolute Gasteiger partial charge is 0.254 e. The van der Waals surface area contributed by atoms with Crippen LogP contribution in [0.25, 0.3) is 0 Å². The Balaban J connectivity index is 2.05. The van der Waals surface area contributed by atoms with Crippen LogP contribution in [0.2, 0.25) is 0 Å². The molecule has 0 aliphatic rings. The van der Waals surface area contributed by atoms with Crippen molar-refractivity contribution in [2.45, 2.75) is 26.2 Å². The van der Waals surface area contributed by atoms with Crippen molar-refractivity contribution in [1.29, 1.82) is 0 Å². The topological polar surface area (TPSA) is 62.3 Å². The SMILES string of the molecule is CCCCCN(CC(=O)Nc1nccs1)C(=O)c1cccc(Br)c1. The molecular weight excluding hydrogens is 390 g/mol. The molecule has 128 valence electrons. The van der Waals surface area contributed by atoms with Crippen LogP contribution in [0, 0.1) is 0 Å². The minimum atomic E-state index is -0.232. The van der Waals surface area contributed by atoms with Crippen molar-refractivity contribution < 1.29 is 9.59 Å². The molecule has 0 saturated carbocycles. The Bertz CT molecular complexity index is 676. The number of halogens is 1. The molecular formula is C17H20BrN3O2S. The van der Waals surface area contributed by atoms with E-state index in [1.54, 1.807) is 28.6 Å². The second kappa shape index (κ2) is 9.54. The largest absolute Gasteiger partial charge is 0.329 e. The summed E-state index contributed by atoms with van der Waals surface area (Å²) in [4.78, 5) is 30.6. The molecule has 0 spiro atoms. The summed E-state index contributed by atoms with van der Waals surface area (Å²) in [6, 6.07) is 7.22. The zero-order valence-electron chi connectivity index (χ0n) is 13.5. The highest BCUT2D eigenvalue weighted by Crippen LogP contribution is 2.15. The third kappa shape index (κ3) is 5.72. The number of hydrogen-bond donors (Lipinski definition) is 1. The third-order valence-electron chi connectivity index (χ3n) is 3.40. The van der Waals surface area contributed by atoms with Gasteiger partial charge in [0.2, 0.25) is 5.91 Å². The number of unbranched alkanes of at least 4 members (excludes halogenated alkanes) is 2. The summed E-state index contributed by atoms with van der Waals surface area (Å²) in [5.74, 6) is -0.369. The first-order valence-electron chi connectivity index (χ1n) is 7.84. The predicted molar refractivity (Wildman–Crippen MR) is 100 cm³/mol. The zero-order chi connectivity index (χ0) is 17.4. The molecule has 0 fully saturated rings. The van der Waals surface area contributed by atoms with Crippen molar-refractivity contribution in [1.82, 2.24) is 9.88 Å². The van der Waals surface area contributed by atoms with E-state index in [1.165, 1.54) is 11.3 Å². The van der Waals surface area contributed by atoms with E-state index in [0.717, 1.165) is 23.7 Å². The van der Waals surface area contributed by atoms with Crippen LogP contribution in [0.5, 0.6) is 0 Å². The van der Waals surface area contributed by atoms with Gasteiger partial charge in [0.1, 0.15) is 6.54 Å². The molecule has 0 aliphatic carbocycles. The number of carbonyl (C=O) groups is 2. The number of nitrogens with zero attached hydrogens (tertiary/aromatic N) is 2. The molecule has 2 amide bonds. The van der Waals surface area contributed by atoms with E-state index in [9.17, 15) is 9.59 Å². The Kier molecular flexibility index (Phi) is 7.39. The van der Waals surface area contributed by atoms with E-state index in [1.807, 2.05) is 12.1 Å². The van der Waals surface area contributed by atoms with E-state index in [0.29, 0.717) is 17.2 Å². The summed E-state index contributed by atoms with van der Waals surface area (Å²) in [6.45, 7) is 2.69. The lowest BCUT2D eigenvalue weighted by Gasteiger charge is -2.22. The molecule has 2 rings (SSSR count). The third-order valence-corrected chi connectivity index (χ3v) is 4.59. The highest BCUT2D eigenvalue weighted by atomic mass is 79.9. The number of anilines is 1. The Hall–Kier alpha value is -1.73. The van der Waals surface area contributed by atoms with Crippen molar-refractivity contribution in [3.63, 3.8) is 0 Å². The minimum Gasteiger partial charge on any atom is -0.329 e. The highest BCUT2D eigenvalue weighted by molar-refractivity contribution is 9.10. The summed E-state index contributed by atoms with van der Waals surface area (Å²) in [5.41, 5.74) is 0.572. The lowest BCUT2D eigenvalue weighted by molar-refractivity contribution is -0.116. The monoisotopic (exact) mass is 409 g/mol. The molecule has 1 N–H and O–H groups in total. The van der Waals surface area contributed by atoms with Gasteiger partial charge in [-0.15, -0.1) is 11.3 Å².